The molecule has 0 radical (unpaired) electrons. The lowest BCUT2D eigenvalue weighted by Gasteiger charge is -2.38. The van der Waals surface area contributed by atoms with Crippen LogP contribution in [0.25, 0.3) is 0 Å². The van der Waals surface area contributed by atoms with Crippen molar-refractivity contribution in [2.24, 2.45) is 11.3 Å². The van der Waals surface area contributed by atoms with E-state index in [1.807, 2.05) is 0 Å². The molecule has 1 amide bonds. The molecule has 0 aromatic rings. The Labute approximate surface area is 119 Å². The second kappa shape index (κ2) is 5.69. The third-order valence-electron chi connectivity index (χ3n) is 4.67. The standard InChI is InChI=1S/C14H24N2O4/c1-13(12(18)19,10-3-4-10)16-11(17)14(9-20-2)5-7-15-8-6-14/h10,15H,3-9H2,1-2H3,(H,16,17)(H,18,19). The molecule has 6 nitrogen and oxygen atoms in total. The number of methoxy groups -OCH3 is 1. The number of piperidine rings is 1. The fraction of sp³-hybridized carbons (Fsp3) is 0.857. The topological polar surface area (TPSA) is 87.7 Å². The van der Waals surface area contributed by atoms with Crippen molar-refractivity contribution in [1.82, 2.24) is 10.6 Å². The molecule has 2 fully saturated rings. The molecule has 0 aromatic carbocycles. The predicted octanol–water partition coefficient (Wildman–Crippen LogP) is 0.372. The maximum atomic E-state index is 12.7. The molecule has 1 atom stereocenters. The number of ether oxygens (including phenoxy) is 1. The Kier molecular flexibility index (Phi) is 4.34. The lowest BCUT2D eigenvalue weighted by molar-refractivity contribution is -0.151. The second-order valence-electron chi connectivity index (χ2n) is 6.20. The number of carbonyl (C=O) groups excluding carboxylic acids is 1. The average Bonchev–Trinajstić information content (AvgIpc) is 3.24. The van der Waals surface area contributed by atoms with E-state index in [1.54, 1.807) is 14.0 Å². The first-order valence-electron chi connectivity index (χ1n) is 7.20. The zero-order valence-electron chi connectivity index (χ0n) is 12.2. The SMILES string of the molecule is COCC1(C(=O)NC(C)(C(=O)O)C2CC2)CCNCC1. The molecule has 114 valence electrons. The van der Waals surface area contributed by atoms with Gasteiger partial charge in [0, 0.05) is 7.11 Å². The maximum Gasteiger partial charge on any atom is 0.329 e. The van der Waals surface area contributed by atoms with E-state index in [4.69, 9.17) is 4.74 Å². The Morgan fingerprint density at radius 3 is 2.45 bits per heavy atom. The van der Waals surface area contributed by atoms with Crippen LogP contribution in [0.15, 0.2) is 0 Å². The fourth-order valence-electron chi connectivity index (χ4n) is 2.98. The molecule has 1 aliphatic carbocycles. The number of hydrogen-bond acceptors (Lipinski definition) is 4. The number of amides is 1. The van der Waals surface area contributed by atoms with Crippen LogP contribution in [0.4, 0.5) is 0 Å². The summed E-state index contributed by atoms with van der Waals surface area (Å²) in [6.07, 6.45) is 3.07. The highest BCUT2D eigenvalue weighted by atomic mass is 16.5. The van der Waals surface area contributed by atoms with Crippen LogP contribution in [0.1, 0.15) is 32.6 Å². The first-order valence-corrected chi connectivity index (χ1v) is 7.20. The van der Waals surface area contributed by atoms with Gasteiger partial charge in [-0.2, -0.15) is 0 Å². The summed E-state index contributed by atoms with van der Waals surface area (Å²) in [7, 11) is 1.58. The van der Waals surface area contributed by atoms with Gasteiger partial charge in [0.05, 0.1) is 12.0 Å². The van der Waals surface area contributed by atoms with E-state index in [-0.39, 0.29) is 11.8 Å². The number of carbonyl (C=O) groups is 2. The molecular weight excluding hydrogens is 260 g/mol. The molecule has 2 aliphatic rings. The summed E-state index contributed by atoms with van der Waals surface area (Å²) in [6, 6.07) is 0. The third kappa shape index (κ3) is 2.81. The zero-order valence-corrected chi connectivity index (χ0v) is 12.2. The Balaban J connectivity index is 2.13. The maximum absolute atomic E-state index is 12.7. The van der Waals surface area contributed by atoms with Crippen molar-refractivity contribution < 1.29 is 19.4 Å². The summed E-state index contributed by atoms with van der Waals surface area (Å²) in [6.45, 7) is 3.46. The van der Waals surface area contributed by atoms with Crippen molar-refractivity contribution in [2.75, 3.05) is 26.8 Å². The molecule has 0 bridgehead atoms. The predicted molar refractivity (Wildman–Crippen MR) is 73.3 cm³/mol. The second-order valence-corrected chi connectivity index (χ2v) is 6.20. The van der Waals surface area contributed by atoms with Crippen molar-refractivity contribution >= 4 is 11.9 Å². The van der Waals surface area contributed by atoms with Crippen LogP contribution in [0, 0.1) is 11.3 Å². The number of rotatable bonds is 6. The normalized spacial score (nSPS) is 24.7. The van der Waals surface area contributed by atoms with Gasteiger partial charge in [-0.05, 0) is 51.6 Å². The minimum atomic E-state index is -1.15. The number of carboxylic acids is 1. The lowest BCUT2D eigenvalue weighted by Crippen LogP contribution is -2.60. The molecule has 1 aliphatic heterocycles. The molecule has 1 heterocycles. The van der Waals surface area contributed by atoms with E-state index < -0.39 is 16.9 Å². The third-order valence-corrected chi connectivity index (χ3v) is 4.67. The van der Waals surface area contributed by atoms with E-state index in [0.29, 0.717) is 19.4 Å². The van der Waals surface area contributed by atoms with Gasteiger partial charge in [-0.3, -0.25) is 4.79 Å². The van der Waals surface area contributed by atoms with Crippen LogP contribution in [-0.4, -0.2) is 49.3 Å². The monoisotopic (exact) mass is 284 g/mol. The Morgan fingerprint density at radius 1 is 1.40 bits per heavy atom. The van der Waals surface area contributed by atoms with E-state index in [2.05, 4.69) is 10.6 Å². The van der Waals surface area contributed by atoms with Gasteiger partial charge in [-0.25, -0.2) is 4.79 Å². The summed E-state index contributed by atoms with van der Waals surface area (Å²) < 4.78 is 5.22. The first-order chi connectivity index (χ1) is 9.44. The van der Waals surface area contributed by atoms with Gasteiger partial charge in [0.15, 0.2) is 0 Å². The van der Waals surface area contributed by atoms with Crippen molar-refractivity contribution in [3.8, 4) is 0 Å². The molecule has 6 heteroatoms. The lowest BCUT2D eigenvalue weighted by atomic mass is 9.77. The molecule has 0 aromatic heterocycles. The van der Waals surface area contributed by atoms with Crippen LogP contribution in [0.5, 0.6) is 0 Å². The summed E-state index contributed by atoms with van der Waals surface area (Å²) in [5.41, 5.74) is -1.76. The quantitative estimate of drug-likeness (QED) is 0.656. The highest BCUT2D eigenvalue weighted by Gasteiger charge is 2.51. The van der Waals surface area contributed by atoms with E-state index in [9.17, 15) is 14.7 Å². The Hall–Kier alpha value is -1.14. The summed E-state index contributed by atoms with van der Waals surface area (Å²) in [5, 5.41) is 15.5. The molecular formula is C14H24N2O4. The van der Waals surface area contributed by atoms with Gasteiger partial charge in [0.1, 0.15) is 5.54 Å². The average molecular weight is 284 g/mol. The first kappa shape index (κ1) is 15.3. The van der Waals surface area contributed by atoms with Crippen LogP contribution < -0.4 is 10.6 Å². The van der Waals surface area contributed by atoms with Gasteiger partial charge in [0.25, 0.3) is 0 Å². The molecule has 1 saturated carbocycles. The molecule has 3 N–H and O–H groups in total. The number of aliphatic carboxylic acids is 1. The van der Waals surface area contributed by atoms with Gasteiger partial charge < -0.3 is 20.5 Å². The Bertz CT molecular complexity index is 383. The minimum Gasteiger partial charge on any atom is -0.480 e. The van der Waals surface area contributed by atoms with Crippen molar-refractivity contribution in [3.05, 3.63) is 0 Å². The van der Waals surface area contributed by atoms with Crippen LogP contribution in [0.3, 0.4) is 0 Å². The van der Waals surface area contributed by atoms with E-state index in [0.717, 1.165) is 25.9 Å². The van der Waals surface area contributed by atoms with Crippen molar-refractivity contribution in [3.63, 3.8) is 0 Å². The highest BCUT2D eigenvalue weighted by molar-refractivity contribution is 5.90. The molecule has 20 heavy (non-hydrogen) atoms. The summed E-state index contributed by atoms with van der Waals surface area (Å²) in [5.74, 6) is -1.09. The summed E-state index contributed by atoms with van der Waals surface area (Å²) in [4.78, 5) is 24.2. The van der Waals surface area contributed by atoms with E-state index >= 15 is 0 Å². The summed E-state index contributed by atoms with van der Waals surface area (Å²) >= 11 is 0. The van der Waals surface area contributed by atoms with Crippen LogP contribution in [-0.2, 0) is 14.3 Å². The Morgan fingerprint density at radius 2 is 2.00 bits per heavy atom. The van der Waals surface area contributed by atoms with E-state index in [1.165, 1.54) is 0 Å². The highest BCUT2D eigenvalue weighted by Crippen LogP contribution is 2.41. The number of nitrogens with one attached hydrogen (secondary N) is 2. The van der Waals surface area contributed by atoms with Crippen LogP contribution >= 0.6 is 0 Å². The molecule has 1 unspecified atom stereocenters. The molecule has 0 spiro atoms. The van der Waals surface area contributed by atoms with Crippen LogP contribution in [0.2, 0.25) is 0 Å². The number of carboxylic acid groups (broad SMARTS) is 1. The fourth-order valence-corrected chi connectivity index (χ4v) is 2.98. The van der Waals surface area contributed by atoms with Crippen molar-refractivity contribution in [1.29, 1.82) is 0 Å². The van der Waals surface area contributed by atoms with Gasteiger partial charge in [-0.1, -0.05) is 0 Å². The smallest absolute Gasteiger partial charge is 0.329 e. The largest absolute Gasteiger partial charge is 0.480 e. The van der Waals surface area contributed by atoms with Gasteiger partial charge >= 0.3 is 5.97 Å². The number of hydrogen-bond donors (Lipinski definition) is 3. The minimum absolute atomic E-state index is 0.0465. The van der Waals surface area contributed by atoms with Gasteiger partial charge in [-0.15, -0.1) is 0 Å². The molecule has 1 saturated heterocycles. The van der Waals surface area contributed by atoms with Crippen molar-refractivity contribution in [2.45, 2.75) is 38.1 Å². The molecule has 2 rings (SSSR count). The zero-order chi connectivity index (χ0) is 14.8. The van der Waals surface area contributed by atoms with Gasteiger partial charge in [0.2, 0.25) is 5.91 Å².